The molecule has 15 aliphatic rings. The van der Waals surface area contributed by atoms with E-state index in [0.29, 0.717) is 28.4 Å². The first-order valence-electron chi connectivity index (χ1n) is 16.0. The van der Waals surface area contributed by atoms with Crippen molar-refractivity contribution >= 4 is 34.9 Å². The van der Waals surface area contributed by atoms with Crippen LogP contribution in [0.25, 0.3) is 67.7 Å². The molecular weight excluding hydrogens is 926 g/mol. The molecule has 0 atom stereocenters. The minimum absolute atomic E-state index is 0. The van der Waals surface area contributed by atoms with Crippen LogP contribution >= 0.6 is 11.7 Å². The van der Waals surface area contributed by atoms with Gasteiger partial charge in [0.15, 0.2) is 23.3 Å². The number of ether oxygens (including phenoxy) is 2. The molecule has 0 unspecified atom stereocenters. The van der Waals surface area contributed by atoms with Crippen molar-refractivity contribution in [2.75, 3.05) is 14.2 Å². The number of hydrogen-bond acceptors (Lipinski definition) is 5. The van der Waals surface area contributed by atoms with Gasteiger partial charge in [0.1, 0.15) is 22.7 Å². The Labute approximate surface area is 374 Å². The Morgan fingerprint density at radius 2 is 0.877 bits per heavy atom. The molecule has 280 valence electrons. The molecule has 7 aromatic rings. The van der Waals surface area contributed by atoms with Crippen molar-refractivity contribution in [3.05, 3.63) is 154 Å². The summed E-state index contributed by atoms with van der Waals surface area (Å²) in [5, 5.41) is 0. The molecule has 0 amide bonds. The van der Waals surface area contributed by atoms with Gasteiger partial charge in [0.2, 0.25) is 0 Å². The van der Waals surface area contributed by atoms with E-state index in [1.165, 1.54) is 81.0 Å². The third kappa shape index (κ3) is 7.31. The molecule has 1 aromatic heterocycles. The molecule has 12 bridgehead atoms. The average molecular weight is 944 g/mol. The van der Waals surface area contributed by atoms with Crippen molar-refractivity contribution in [3.8, 4) is 56.0 Å². The minimum atomic E-state index is -1.72. The minimum Gasteiger partial charge on any atom is -0.559 e. The topological polar surface area (TPSA) is 44.2 Å². The van der Waals surface area contributed by atoms with Crippen LogP contribution in [0.2, 0.25) is 0 Å². The van der Waals surface area contributed by atoms with E-state index in [4.69, 9.17) is 9.47 Å². The van der Waals surface area contributed by atoms with E-state index in [9.17, 15) is 0 Å². The van der Waals surface area contributed by atoms with E-state index in [1.807, 2.05) is 0 Å². The number of halogens is 8. The van der Waals surface area contributed by atoms with E-state index in [-0.39, 0.29) is 116 Å². The Hall–Kier alpha value is -4.13. The molecule has 0 saturated heterocycles. The molecule has 15 aliphatic carbocycles. The first-order valence-corrected chi connectivity index (χ1v) is 16.7. The van der Waals surface area contributed by atoms with Gasteiger partial charge in [0.25, 0.3) is 0 Å². The first-order chi connectivity index (χ1) is 26.5. The fourth-order valence-electron chi connectivity index (χ4n) is 6.30. The average Bonchev–Trinajstić information content (AvgIpc) is 3.70. The Bertz CT molecular complexity index is 2720. The Morgan fingerprint density at radius 1 is 0.474 bits per heavy atom. The normalized spacial score (nSPS) is 11.6. The quantitative estimate of drug-likeness (QED) is 0.0984. The van der Waals surface area contributed by atoms with Crippen molar-refractivity contribution in [1.29, 1.82) is 0 Å². The summed E-state index contributed by atoms with van der Waals surface area (Å²) >= 11 is 0.663. The number of hydrogen-bond donors (Lipinski definition) is 0. The summed E-state index contributed by atoms with van der Waals surface area (Å²) in [5.41, 5.74) is -3.49. The molecule has 1 heterocycles. The SMILES string of the molecule is COc1[c-]c2c(OC)[c-]c1C=[C-]c1ccc(cc1)-c1c(F)c(F)c(c(F)c1F)-c1ccc(c3nsnc13)-c1ccc(cc1)-c1c(F)c(F)c(c(F)c1F)[C-]=C2.[Y].[Y]. The van der Waals surface area contributed by atoms with Crippen molar-refractivity contribution in [2.45, 2.75) is 0 Å². The predicted molar refractivity (Wildman–Crippen MR) is 190 cm³/mol. The maximum atomic E-state index is 15.8. The van der Waals surface area contributed by atoms with E-state index >= 15 is 35.1 Å². The number of nitrogens with zero attached hydrogens (tertiary/aromatic N) is 2. The standard InChI is InChI=1S/C42H18F8N2O2S.2Y/c1-53-28-18-24-13-14-27-33(43)35(45)30(36(46)34(27)44)22-11-9-20(10-12-22)25-15-16-26(42-41(25)51-55-52-42)32-39(49)37(47)31(38(48)40(32)50)21-6-3-19(4-7-21)5-8-23(28)17-29(24)54-2;;/h3-4,6-13,15-16H,1-2H3;;/q-4;;. The van der Waals surface area contributed by atoms with Crippen LogP contribution in [-0.4, -0.2) is 23.0 Å². The summed E-state index contributed by atoms with van der Waals surface area (Å²) in [4.78, 5) is 0. The number of aromatic nitrogens is 2. The third-order valence-electron chi connectivity index (χ3n) is 9.01. The van der Waals surface area contributed by atoms with Crippen LogP contribution in [-0.2, 0) is 65.4 Å². The van der Waals surface area contributed by atoms with E-state index in [2.05, 4.69) is 33.0 Å². The van der Waals surface area contributed by atoms with Gasteiger partial charge >= 0.3 is 0 Å². The smallest absolute Gasteiger partial charge is 0.170 e. The van der Waals surface area contributed by atoms with Gasteiger partial charge in [0, 0.05) is 82.1 Å². The zero-order valence-electron chi connectivity index (χ0n) is 29.2. The van der Waals surface area contributed by atoms with Gasteiger partial charge < -0.3 is 9.47 Å². The molecule has 0 saturated carbocycles. The van der Waals surface area contributed by atoms with Crippen LogP contribution in [0.1, 0.15) is 22.3 Å². The largest absolute Gasteiger partial charge is 0.559 e. The zero-order valence-corrected chi connectivity index (χ0v) is 35.7. The van der Waals surface area contributed by atoms with Crippen molar-refractivity contribution in [3.63, 3.8) is 0 Å². The first kappa shape index (κ1) is 42.5. The molecule has 2 radical (unpaired) electrons. The van der Waals surface area contributed by atoms with Crippen LogP contribution < -0.4 is 9.47 Å². The molecule has 0 fully saturated rings. The van der Waals surface area contributed by atoms with Crippen LogP contribution in [0.4, 0.5) is 35.1 Å². The molecule has 57 heavy (non-hydrogen) atoms. The molecule has 0 aliphatic heterocycles. The maximum absolute atomic E-state index is 15.8. The number of methoxy groups -OCH3 is 2. The van der Waals surface area contributed by atoms with Crippen LogP contribution in [0.3, 0.4) is 0 Å². The van der Waals surface area contributed by atoms with Crippen molar-refractivity contribution in [1.82, 2.24) is 8.75 Å². The molecule has 15 heteroatoms. The van der Waals surface area contributed by atoms with Crippen molar-refractivity contribution in [2.24, 2.45) is 0 Å². The molecule has 6 aromatic carbocycles. The summed E-state index contributed by atoms with van der Waals surface area (Å²) in [7, 11) is 2.57. The monoisotopic (exact) mass is 944 g/mol. The molecular formula is C42H18F8N2O2SY2-4. The summed E-state index contributed by atoms with van der Waals surface area (Å²) in [6, 6.07) is 18.7. The van der Waals surface area contributed by atoms with Crippen LogP contribution in [0.5, 0.6) is 11.5 Å². The molecule has 0 N–H and O–H groups in total. The Morgan fingerprint density at radius 3 is 1.39 bits per heavy atom. The van der Waals surface area contributed by atoms with Crippen LogP contribution in [0.15, 0.2) is 60.7 Å². The molecule has 22 rings (SSSR count). The second-order valence-electron chi connectivity index (χ2n) is 12.0. The van der Waals surface area contributed by atoms with Gasteiger partial charge in [-0.05, 0) is 16.7 Å². The summed E-state index contributed by atoms with van der Waals surface area (Å²) in [6.45, 7) is 0. The van der Waals surface area contributed by atoms with E-state index < -0.39 is 68.8 Å². The fraction of sp³-hybridized carbons (Fsp3) is 0.0476. The second-order valence-corrected chi connectivity index (χ2v) is 12.5. The summed E-state index contributed by atoms with van der Waals surface area (Å²) in [5.74, 6) is -13.4. The third-order valence-corrected chi connectivity index (χ3v) is 9.54. The van der Waals surface area contributed by atoms with E-state index in [1.54, 1.807) is 0 Å². The van der Waals surface area contributed by atoms with Gasteiger partial charge in [-0.3, -0.25) is 8.78 Å². The fourth-order valence-corrected chi connectivity index (χ4v) is 6.88. The maximum Gasteiger partial charge on any atom is 0.170 e. The predicted octanol–water partition coefficient (Wildman–Crippen LogP) is 11.1. The van der Waals surface area contributed by atoms with Gasteiger partial charge in [-0.25, -0.2) is 38.5 Å². The van der Waals surface area contributed by atoms with E-state index in [0.717, 1.165) is 6.08 Å². The summed E-state index contributed by atoms with van der Waals surface area (Å²) in [6.07, 6.45) is 7.57. The Kier molecular flexibility index (Phi) is 12.7. The van der Waals surface area contributed by atoms with Gasteiger partial charge in [0.05, 0.1) is 48.7 Å². The molecule has 4 nitrogen and oxygen atoms in total. The Balaban J connectivity index is 0.00000275. The van der Waals surface area contributed by atoms with Crippen LogP contribution in [0, 0.1) is 70.8 Å². The summed E-state index contributed by atoms with van der Waals surface area (Å²) < 4.78 is 144. The van der Waals surface area contributed by atoms with Gasteiger partial charge in [-0.1, -0.05) is 65.6 Å². The van der Waals surface area contributed by atoms with Crippen molar-refractivity contribution < 1.29 is 110 Å². The number of benzene rings is 6. The second kappa shape index (κ2) is 17.0. The van der Waals surface area contributed by atoms with Gasteiger partial charge in [-0.15, -0.1) is 12.1 Å². The number of rotatable bonds is 2. The van der Waals surface area contributed by atoms with Gasteiger partial charge in [-0.2, -0.15) is 49.7 Å². The molecule has 0 spiro atoms. The zero-order chi connectivity index (χ0) is 38.7.